The third-order valence-corrected chi connectivity index (χ3v) is 5.22. The highest BCUT2D eigenvalue weighted by Gasteiger charge is 2.23. The van der Waals surface area contributed by atoms with E-state index in [4.69, 9.17) is 14.2 Å². The van der Waals surface area contributed by atoms with Crippen LogP contribution in [0.3, 0.4) is 0 Å². The highest BCUT2D eigenvalue weighted by Crippen LogP contribution is 2.31. The first-order chi connectivity index (χ1) is 14.6. The smallest absolute Gasteiger partial charge is 0.261 e. The van der Waals surface area contributed by atoms with Gasteiger partial charge >= 0.3 is 0 Å². The van der Waals surface area contributed by atoms with Crippen molar-refractivity contribution in [3.05, 3.63) is 66.2 Å². The van der Waals surface area contributed by atoms with Crippen molar-refractivity contribution in [1.29, 1.82) is 0 Å². The lowest BCUT2D eigenvalue weighted by atomic mass is 10.0. The topological polar surface area (TPSA) is 56.8 Å². The molecule has 0 spiro atoms. The van der Waals surface area contributed by atoms with Crippen molar-refractivity contribution in [2.45, 2.75) is 38.8 Å². The van der Waals surface area contributed by atoms with E-state index in [1.807, 2.05) is 74.5 Å². The molecule has 5 heteroatoms. The van der Waals surface area contributed by atoms with Crippen LogP contribution in [0.15, 0.2) is 60.7 Å². The van der Waals surface area contributed by atoms with Crippen LogP contribution in [0.2, 0.25) is 0 Å². The number of benzene rings is 3. The van der Waals surface area contributed by atoms with E-state index >= 15 is 0 Å². The zero-order valence-electron chi connectivity index (χ0n) is 18.0. The van der Waals surface area contributed by atoms with Gasteiger partial charge in [0.2, 0.25) is 0 Å². The number of fused-ring (bicyclic) bond motifs is 1. The molecule has 0 radical (unpaired) electrons. The minimum absolute atomic E-state index is 0.132. The molecule has 30 heavy (non-hydrogen) atoms. The van der Waals surface area contributed by atoms with Crippen molar-refractivity contribution in [1.82, 2.24) is 5.32 Å². The van der Waals surface area contributed by atoms with E-state index in [1.54, 1.807) is 14.2 Å². The number of methoxy groups -OCH3 is 2. The number of carbonyl (C=O) groups is 1. The van der Waals surface area contributed by atoms with Crippen molar-refractivity contribution in [3.63, 3.8) is 0 Å². The summed E-state index contributed by atoms with van der Waals surface area (Å²) >= 11 is 0. The SMILES string of the molecule is CC[C@H](Oc1cccc2ccccc12)C(=O)N[C@H](CC)c1ccc(OC)c(OC)c1. The molecular formula is C25H29NO4. The number of ether oxygens (including phenoxy) is 3. The van der Waals surface area contributed by atoms with Crippen molar-refractivity contribution in [2.75, 3.05) is 14.2 Å². The molecule has 0 aromatic heterocycles. The third-order valence-electron chi connectivity index (χ3n) is 5.22. The van der Waals surface area contributed by atoms with Crippen molar-refractivity contribution in [3.8, 4) is 17.2 Å². The molecule has 1 amide bonds. The lowest BCUT2D eigenvalue weighted by Gasteiger charge is -2.23. The first kappa shape index (κ1) is 21.5. The van der Waals surface area contributed by atoms with Gasteiger partial charge in [0.1, 0.15) is 5.75 Å². The Hall–Kier alpha value is -3.21. The molecular weight excluding hydrogens is 378 g/mol. The van der Waals surface area contributed by atoms with Gasteiger partial charge in [0.05, 0.1) is 20.3 Å². The number of nitrogens with one attached hydrogen (secondary N) is 1. The summed E-state index contributed by atoms with van der Waals surface area (Å²) in [5, 5.41) is 5.21. The Kier molecular flexibility index (Phi) is 7.17. The van der Waals surface area contributed by atoms with Gasteiger partial charge in [-0.15, -0.1) is 0 Å². The quantitative estimate of drug-likeness (QED) is 0.524. The van der Waals surface area contributed by atoms with E-state index < -0.39 is 6.10 Å². The molecule has 0 bridgehead atoms. The fourth-order valence-electron chi connectivity index (χ4n) is 3.53. The van der Waals surface area contributed by atoms with Gasteiger partial charge in [-0.2, -0.15) is 0 Å². The summed E-state index contributed by atoms with van der Waals surface area (Å²) in [5.74, 6) is 1.89. The zero-order valence-corrected chi connectivity index (χ0v) is 18.0. The summed E-state index contributed by atoms with van der Waals surface area (Å²) in [6.45, 7) is 3.99. The molecule has 0 saturated carbocycles. The molecule has 3 aromatic carbocycles. The molecule has 0 saturated heterocycles. The second-order valence-corrected chi connectivity index (χ2v) is 7.08. The lowest BCUT2D eigenvalue weighted by molar-refractivity contribution is -0.128. The van der Waals surface area contributed by atoms with E-state index in [0.717, 1.165) is 22.8 Å². The van der Waals surface area contributed by atoms with Crippen molar-refractivity contribution < 1.29 is 19.0 Å². The van der Waals surface area contributed by atoms with Crippen molar-refractivity contribution in [2.24, 2.45) is 0 Å². The zero-order chi connectivity index (χ0) is 21.5. The van der Waals surface area contributed by atoms with Gasteiger partial charge in [-0.1, -0.05) is 56.3 Å². The summed E-state index contributed by atoms with van der Waals surface area (Å²) in [6.07, 6.45) is 0.730. The monoisotopic (exact) mass is 407 g/mol. The Morgan fingerprint density at radius 2 is 1.60 bits per heavy atom. The molecule has 3 rings (SSSR count). The van der Waals surface area contributed by atoms with E-state index in [1.165, 1.54) is 0 Å². The number of hydrogen-bond donors (Lipinski definition) is 1. The molecule has 0 heterocycles. The average Bonchev–Trinajstić information content (AvgIpc) is 2.80. The molecule has 0 fully saturated rings. The largest absolute Gasteiger partial charge is 0.493 e. The Morgan fingerprint density at radius 3 is 2.30 bits per heavy atom. The highest BCUT2D eigenvalue weighted by molar-refractivity contribution is 5.89. The first-order valence-electron chi connectivity index (χ1n) is 10.3. The summed E-state index contributed by atoms with van der Waals surface area (Å²) in [5.41, 5.74) is 0.962. The maximum atomic E-state index is 13.0. The Labute approximate surface area is 178 Å². The predicted molar refractivity (Wildman–Crippen MR) is 119 cm³/mol. The Morgan fingerprint density at radius 1 is 0.867 bits per heavy atom. The second kappa shape index (κ2) is 10.0. The van der Waals surface area contributed by atoms with Gasteiger partial charge in [0.15, 0.2) is 17.6 Å². The number of hydrogen-bond acceptors (Lipinski definition) is 4. The highest BCUT2D eigenvalue weighted by atomic mass is 16.5. The van der Waals surface area contributed by atoms with Crippen LogP contribution < -0.4 is 19.5 Å². The van der Waals surface area contributed by atoms with Gasteiger partial charge in [0.25, 0.3) is 5.91 Å². The Balaban J connectivity index is 1.78. The maximum Gasteiger partial charge on any atom is 0.261 e. The van der Waals surface area contributed by atoms with Gasteiger partial charge in [0, 0.05) is 5.39 Å². The van der Waals surface area contributed by atoms with Gasteiger partial charge < -0.3 is 19.5 Å². The fourth-order valence-corrected chi connectivity index (χ4v) is 3.53. The van der Waals surface area contributed by atoms with E-state index in [9.17, 15) is 4.79 Å². The van der Waals surface area contributed by atoms with Crippen LogP contribution in [-0.4, -0.2) is 26.2 Å². The molecule has 3 aromatic rings. The molecule has 0 aliphatic heterocycles. The molecule has 0 aliphatic rings. The number of amides is 1. The average molecular weight is 408 g/mol. The van der Waals surface area contributed by atoms with Crippen LogP contribution in [0.1, 0.15) is 38.3 Å². The van der Waals surface area contributed by atoms with Crippen LogP contribution in [0.5, 0.6) is 17.2 Å². The van der Waals surface area contributed by atoms with Gasteiger partial charge in [-0.3, -0.25) is 4.79 Å². The van der Waals surface area contributed by atoms with E-state index in [-0.39, 0.29) is 11.9 Å². The normalized spacial score (nSPS) is 12.8. The Bertz CT molecular complexity index is 996. The predicted octanol–water partition coefficient (Wildman–Crippen LogP) is 5.28. The summed E-state index contributed by atoms with van der Waals surface area (Å²) in [4.78, 5) is 13.0. The maximum absolute atomic E-state index is 13.0. The minimum Gasteiger partial charge on any atom is -0.493 e. The van der Waals surface area contributed by atoms with E-state index in [0.29, 0.717) is 23.7 Å². The van der Waals surface area contributed by atoms with Crippen LogP contribution >= 0.6 is 0 Å². The van der Waals surface area contributed by atoms with Crippen LogP contribution in [-0.2, 0) is 4.79 Å². The fraction of sp³-hybridized carbons (Fsp3) is 0.320. The van der Waals surface area contributed by atoms with Gasteiger partial charge in [-0.25, -0.2) is 0 Å². The van der Waals surface area contributed by atoms with Crippen LogP contribution in [0, 0.1) is 0 Å². The number of rotatable bonds is 9. The number of carbonyl (C=O) groups excluding carboxylic acids is 1. The molecule has 0 unspecified atom stereocenters. The summed E-state index contributed by atoms with van der Waals surface area (Å²) < 4.78 is 16.9. The van der Waals surface area contributed by atoms with E-state index in [2.05, 4.69) is 5.32 Å². The second-order valence-electron chi connectivity index (χ2n) is 7.08. The molecule has 5 nitrogen and oxygen atoms in total. The lowest BCUT2D eigenvalue weighted by Crippen LogP contribution is -2.40. The minimum atomic E-state index is -0.579. The standard InChI is InChI=1S/C25H29NO4/c1-5-20(18-14-15-23(28-3)24(16-18)29-4)26-25(27)21(6-2)30-22-13-9-11-17-10-7-8-12-19(17)22/h7-16,20-21H,5-6H2,1-4H3,(H,26,27)/t20-,21+/m1/s1. The molecule has 1 N–H and O–H groups in total. The first-order valence-corrected chi connectivity index (χ1v) is 10.3. The molecule has 0 aliphatic carbocycles. The van der Waals surface area contributed by atoms with Gasteiger partial charge in [-0.05, 0) is 42.0 Å². The van der Waals surface area contributed by atoms with Crippen LogP contribution in [0.4, 0.5) is 0 Å². The van der Waals surface area contributed by atoms with Crippen LogP contribution in [0.25, 0.3) is 10.8 Å². The summed E-state index contributed by atoms with van der Waals surface area (Å²) in [6, 6.07) is 19.4. The van der Waals surface area contributed by atoms with Crippen molar-refractivity contribution >= 4 is 16.7 Å². The summed E-state index contributed by atoms with van der Waals surface area (Å²) in [7, 11) is 3.21. The molecule has 158 valence electrons. The molecule has 2 atom stereocenters. The third kappa shape index (κ3) is 4.67.